The standard InChI is InChI=1S/C17H27N3O/c1-2-4-13-5-3-6-14(8-7-13)19-15-9-11-16(12-10-15)20-17(18)21/h9-14,19H,2-8H2,1H3,(H3,18,20,21). The summed E-state index contributed by atoms with van der Waals surface area (Å²) in [5.41, 5.74) is 6.95. The molecule has 2 rings (SSSR count). The van der Waals surface area contributed by atoms with Crippen molar-refractivity contribution in [2.75, 3.05) is 10.6 Å². The van der Waals surface area contributed by atoms with Crippen LogP contribution in [0.2, 0.25) is 0 Å². The van der Waals surface area contributed by atoms with Gasteiger partial charge in [0.25, 0.3) is 0 Å². The highest BCUT2D eigenvalue weighted by atomic mass is 16.2. The van der Waals surface area contributed by atoms with Crippen molar-refractivity contribution in [3.05, 3.63) is 24.3 Å². The Morgan fingerprint density at radius 2 is 1.86 bits per heavy atom. The molecule has 2 unspecified atom stereocenters. The van der Waals surface area contributed by atoms with Crippen molar-refractivity contribution in [1.29, 1.82) is 0 Å². The molecule has 1 aliphatic carbocycles. The molecule has 1 fully saturated rings. The van der Waals surface area contributed by atoms with E-state index in [0.717, 1.165) is 17.3 Å². The monoisotopic (exact) mass is 289 g/mol. The average Bonchev–Trinajstić information content (AvgIpc) is 2.67. The van der Waals surface area contributed by atoms with E-state index < -0.39 is 6.03 Å². The number of nitrogens with two attached hydrogens (primary N) is 1. The molecule has 0 radical (unpaired) electrons. The molecule has 1 aliphatic rings. The van der Waals surface area contributed by atoms with Crippen LogP contribution in [0.4, 0.5) is 16.2 Å². The van der Waals surface area contributed by atoms with Crippen molar-refractivity contribution in [3.63, 3.8) is 0 Å². The Morgan fingerprint density at radius 3 is 2.52 bits per heavy atom. The number of carbonyl (C=O) groups is 1. The molecule has 21 heavy (non-hydrogen) atoms. The lowest BCUT2D eigenvalue weighted by Gasteiger charge is -2.18. The average molecular weight is 289 g/mol. The number of hydrogen-bond acceptors (Lipinski definition) is 2. The van der Waals surface area contributed by atoms with Gasteiger partial charge in [-0.1, -0.05) is 32.6 Å². The zero-order valence-corrected chi connectivity index (χ0v) is 12.9. The summed E-state index contributed by atoms with van der Waals surface area (Å²) < 4.78 is 0. The normalized spacial score (nSPS) is 22.3. The second kappa shape index (κ2) is 7.91. The van der Waals surface area contributed by atoms with Crippen LogP contribution in [0.25, 0.3) is 0 Å². The summed E-state index contributed by atoms with van der Waals surface area (Å²) in [7, 11) is 0. The van der Waals surface area contributed by atoms with Crippen molar-refractivity contribution < 1.29 is 4.79 Å². The number of amides is 2. The van der Waals surface area contributed by atoms with Gasteiger partial charge in [-0.15, -0.1) is 0 Å². The van der Waals surface area contributed by atoms with E-state index in [2.05, 4.69) is 17.6 Å². The van der Waals surface area contributed by atoms with Gasteiger partial charge < -0.3 is 16.4 Å². The number of primary amides is 1. The minimum absolute atomic E-state index is 0.526. The fraction of sp³-hybridized carbons (Fsp3) is 0.588. The van der Waals surface area contributed by atoms with Gasteiger partial charge in [-0.2, -0.15) is 0 Å². The van der Waals surface area contributed by atoms with Gasteiger partial charge in [-0.3, -0.25) is 0 Å². The van der Waals surface area contributed by atoms with E-state index in [0.29, 0.717) is 6.04 Å². The SMILES string of the molecule is CCCC1CCCC(Nc2ccc(NC(N)=O)cc2)CC1. The Hall–Kier alpha value is -1.71. The van der Waals surface area contributed by atoms with Crippen molar-refractivity contribution in [3.8, 4) is 0 Å². The van der Waals surface area contributed by atoms with E-state index in [1.807, 2.05) is 24.3 Å². The molecular weight excluding hydrogens is 262 g/mol. The quantitative estimate of drug-likeness (QED) is 0.706. The van der Waals surface area contributed by atoms with Gasteiger partial charge in [0.05, 0.1) is 0 Å². The number of urea groups is 1. The third-order valence-corrected chi connectivity index (χ3v) is 4.31. The fourth-order valence-electron chi connectivity index (χ4n) is 3.25. The molecule has 1 aromatic carbocycles. The Bertz CT molecular complexity index is 444. The third-order valence-electron chi connectivity index (χ3n) is 4.31. The highest BCUT2D eigenvalue weighted by molar-refractivity contribution is 5.87. The summed E-state index contributed by atoms with van der Waals surface area (Å²) >= 11 is 0. The van der Waals surface area contributed by atoms with Crippen LogP contribution in [0.5, 0.6) is 0 Å². The van der Waals surface area contributed by atoms with E-state index in [1.165, 1.54) is 44.9 Å². The lowest BCUT2D eigenvalue weighted by molar-refractivity contribution is 0.259. The predicted molar refractivity (Wildman–Crippen MR) is 88.5 cm³/mol. The fourth-order valence-corrected chi connectivity index (χ4v) is 3.25. The molecule has 0 bridgehead atoms. The predicted octanol–water partition coefficient (Wildman–Crippen LogP) is 4.34. The largest absolute Gasteiger partial charge is 0.382 e. The van der Waals surface area contributed by atoms with E-state index in [9.17, 15) is 4.79 Å². The number of carbonyl (C=O) groups excluding carboxylic acids is 1. The number of benzene rings is 1. The molecule has 4 N–H and O–H groups in total. The summed E-state index contributed by atoms with van der Waals surface area (Å²) in [6.07, 6.45) is 9.23. The van der Waals surface area contributed by atoms with Gasteiger partial charge in [0.2, 0.25) is 0 Å². The first kappa shape index (κ1) is 15.7. The van der Waals surface area contributed by atoms with Crippen LogP contribution in [-0.2, 0) is 0 Å². The van der Waals surface area contributed by atoms with Crippen LogP contribution in [0.1, 0.15) is 51.9 Å². The summed E-state index contributed by atoms with van der Waals surface area (Å²) in [6, 6.07) is 7.80. The molecule has 4 nitrogen and oxygen atoms in total. The maximum Gasteiger partial charge on any atom is 0.316 e. The molecular formula is C17H27N3O. The van der Waals surface area contributed by atoms with E-state index in [4.69, 9.17) is 5.73 Å². The Labute approximate surface area is 127 Å². The number of rotatable bonds is 5. The number of hydrogen-bond donors (Lipinski definition) is 3. The highest BCUT2D eigenvalue weighted by Gasteiger charge is 2.18. The first-order valence-electron chi connectivity index (χ1n) is 8.10. The molecule has 4 heteroatoms. The maximum atomic E-state index is 10.8. The van der Waals surface area contributed by atoms with Gasteiger partial charge in [-0.25, -0.2) is 4.79 Å². The first-order chi connectivity index (χ1) is 10.2. The molecule has 0 aromatic heterocycles. The zero-order valence-electron chi connectivity index (χ0n) is 12.9. The molecule has 2 atom stereocenters. The van der Waals surface area contributed by atoms with E-state index in [1.54, 1.807) is 0 Å². The van der Waals surface area contributed by atoms with Crippen LogP contribution in [0, 0.1) is 5.92 Å². The Morgan fingerprint density at radius 1 is 1.14 bits per heavy atom. The van der Waals surface area contributed by atoms with Crippen molar-refractivity contribution in [2.24, 2.45) is 11.7 Å². The minimum atomic E-state index is -0.526. The van der Waals surface area contributed by atoms with Gasteiger partial charge in [0, 0.05) is 17.4 Å². The topological polar surface area (TPSA) is 67.2 Å². The summed E-state index contributed by atoms with van der Waals surface area (Å²) in [5.74, 6) is 0.920. The highest BCUT2D eigenvalue weighted by Crippen LogP contribution is 2.28. The number of anilines is 2. The van der Waals surface area contributed by atoms with Crippen LogP contribution in [0.3, 0.4) is 0 Å². The van der Waals surface area contributed by atoms with Crippen LogP contribution >= 0.6 is 0 Å². The second-order valence-electron chi connectivity index (χ2n) is 6.07. The first-order valence-corrected chi connectivity index (χ1v) is 8.10. The van der Waals surface area contributed by atoms with Crippen molar-refractivity contribution in [1.82, 2.24) is 0 Å². The zero-order chi connectivity index (χ0) is 15.1. The minimum Gasteiger partial charge on any atom is -0.382 e. The van der Waals surface area contributed by atoms with Crippen LogP contribution in [0.15, 0.2) is 24.3 Å². The van der Waals surface area contributed by atoms with Gasteiger partial charge in [0.15, 0.2) is 0 Å². The summed E-state index contributed by atoms with van der Waals surface area (Å²) in [5, 5.41) is 6.20. The molecule has 0 saturated heterocycles. The third kappa shape index (κ3) is 5.29. The van der Waals surface area contributed by atoms with Gasteiger partial charge in [-0.05, 0) is 49.4 Å². The Kier molecular flexibility index (Phi) is 5.90. The lowest BCUT2D eigenvalue weighted by Crippen LogP contribution is -2.20. The Balaban J connectivity index is 1.85. The van der Waals surface area contributed by atoms with Crippen molar-refractivity contribution >= 4 is 17.4 Å². The second-order valence-corrected chi connectivity index (χ2v) is 6.07. The molecule has 1 aromatic rings. The molecule has 0 aliphatic heterocycles. The smallest absolute Gasteiger partial charge is 0.316 e. The van der Waals surface area contributed by atoms with E-state index in [-0.39, 0.29) is 0 Å². The molecule has 116 valence electrons. The number of nitrogens with one attached hydrogen (secondary N) is 2. The summed E-state index contributed by atoms with van der Waals surface area (Å²) in [4.78, 5) is 10.8. The molecule has 0 heterocycles. The van der Waals surface area contributed by atoms with Crippen LogP contribution < -0.4 is 16.4 Å². The van der Waals surface area contributed by atoms with Gasteiger partial charge in [0.1, 0.15) is 0 Å². The van der Waals surface area contributed by atoms with E-state index >= 15 is 0 Å². The lowest BCUT2D eigenvalue weighted by atomic mass is 9.95. The molecule has 1 saturated carbocycles. The molecule has 2 amide bonds. The van der Waals surface area contributed by atoms with Crippen LogP contribution in [-0.4, -0.2) is 12.1 Å². The van der Waals surface area contributed by atoms with Crippen molar-refractivity contribution in [2.45, 2.75) is 57.9 Å². The maximum absolute atomic E-state index is 10.8. The molecule has 0 spiro atoms. The summed E-state index contributed by atoms with van der Waals surface area (Å²) in [6.45, 7) is 2.28. The van der Waals surface area contributed by atoms with Gasteiger partial charge >= 0.3 is 6.03 Å².